The lowest BCUT2D eigenvalue weighted by Gasteiger charge is -2.10. The van der Waals surface area contributed by atoms with E-state index in [0.29, 0.717) is 11.6 Å². The molecule has 0 fully saturated rings. The third-order valence-electron chi connectivity index (χ3n) is 3.65. The highest BCUT2D eigenvalue weighted by molar-refractivity contribution is 7.22. The molecule has 1 aromatic heterocycles. The topological polar surface area (TPSA) is 42.0 Å². The summed E-state index contributed by atoms with van der Waals surface area (Å²) < 4.78 is 1.10. The van der Waals surface area contributed by atoms with Gasteiger partial charge in [0.05, 0.1) is 10.2 Å². The molecule has 4 heteroatoms. The van der Waals surface area contributed by atoms with E-state index in [1.807, 2.05) is 30.3 Å². The fraction of sp³-hybridized carbons (Fsp3) is 0.222. The molecular weight excluding hydrogens is 292 g/mol. The summed E-state index contributed by atoms with van der Waals surface area (Å²) in [5, 5.41) is 3.59. The molecule has 0 unspecified atom stereocenters. The Hall–Kier alpha value is -2.20. The average Bonchev–Trinajstić information content (AvgIpc) is 2.89. The molecule has 3 nitrogen and oxygen atoms in total. The van der Waals surface area contributed by atoms with Crippen LogP contribution in [-0.4, -0.2) is 10.9 Å². The number of hydrogen-bond donors (Lipinski definition) is 1. The maximum absolute atomic E-state index is 12.2. The molecule has 0 aliphatic carbocycles. The largest absolute Gasteiger partial charge is 0.302 e. The normalized spacial score (nSPS) is 12.3. The van der Waals surface area contributed by atoms with Crippen molar-refractivity contribution in [2.45, 2.75) is 26.2 Å². The number of benzene rings is 2. The predicted octanol–water partition coefficient (Wildman–Crippen LogP) is 4.74. The Bertz CT molecular complexity index is 795. The molecule has 2 aromatic carbocycles. The minimum absolute atomic E-state index is 0.00660. The summed E-state index contributed by atoms with van der Waals surface area (Å²) in [4.78, 5) is 16.7. The molecule has 0 spiro atoms. The Morgan fingerprint density at radius 2 is 2.00 bits per heavy atom. The van der Waals surface area contributed by atoms with Crippen LogP contribution in [0.5, 0.6) is 0 Å². The van der Waals surface area contributed by atoms with Gasteiger partial charge in [-0.05, 0) is 36.1 Å². The number of carbonyl (C=O) groups excluding carboxylic acids is 1. The second kappa shape index (κ2) is 6.28. The zero-order valence-corrected chi connectivity index (χ0v) is 13.5. The van der Waals surface area contributed by atoms with Gasteiger partial charge in [0.25, 0.3) is 0 Å². The number of anilines is 1. The molecule has 1 atom stereocenters. The van der Waals surface area contributed by atoms with Crippen molar-refractivity contribution in [1.29, 1.82) is 0 Å². The van der Waals surface area contributed by atoms with Crippen LogP contribution < -0.4 is 5.32 Å². The quantitative estimate of drug-likeness (QED) is 0.756. The van der Waals surface area contributed by atoms with Gasteiger partial charge in [0.1, 0.15) is 0 Å². The Morgan fingerprint density at radius 1 is 1.23 bits per heavy atom. The Balaban J connectivity index is 1.68. The van der Waals surface area contributed by atoms with Gasteiger partial charge in [0.15, 0.2) is 5.13 Å². The summed E-state index contributed by atoms with van der Waals surface area (Å²) in [6.45, 7) is 4.12. The van der Waals surface area contributed by atoms with Crippen LogP contribution in [0.2, 0.25) is 0 Å². The number of carbonyl (C=O) groups is 1. The fourth-order valence-corrected chi connectivity index (χ4v) is 3.41. The molecule has 0 aliphatic rings. The van der Waals surface area contributed by atoms with Gasteiger partial charge in [0.2, 0.25) is 5.91 Å². The Kier molecular flexibility index (Phi) is 4.20. The van der Waals surface area contributed by atoms with Crippen molar-refractivity contribution in [3.63, 3.8) is 0 Å². The molecule has 0 saturated carbocycles. The highest BCUT2D eigenvalue weighted by Gasteiger charge is 2.13. The summed E-state index contributed by atoms with van der Waals surface area (Å²) in [6.07, 6.45) is 0.457. The number of fused-ring (bicyclic) bond motifs is 1. The second-order valence-corrected chi connectivity index (χ2v) is 6.58. The van der Waals surface area contributed by atoms with Gasteiger partial charge in [-0.25, -0.2) is 4.98 Å². The number of rotatable bonds is 4. The van der Waals surface area contributed by atoms with Crippen molar-refractivity contribution in [2.24, 2.45) is 0 Å². The standard InChI is InChI=1S/C18H18N2OS/c1-12-8-9-15-16(10-12)22-18(19-15)20-17(21)11-13(2)14-6-4-3-5-7-14/h3-10,13H,11H2,1-2H3,(H,19,20,21)/t13-/m1/s1. The number of nitrogens with one attached hydrogen (secondary N) is 1. The van der Waals surface area contributed by atoms with Gasteiger partial charge in [-0.15, -0.1) is 0 Å². The van der Waals surface area contributed by atoms with E-state index in [4.69, 9.17) is 0 Å². The first-order valence-electron chi connectivity index (χ1n) is 7.34. The number of amides is 1. The summed E-state index contributed by atoms with van der Waals surface area (Å²) in [7, 11) is 0. The molecule has 1 heterocycles. The molecule has 1 N–H and O–H groups in total. The third-order valence-corrected chi connectivity index (χ3v) is 4.58. The van der Waals surface area contributed by atoms with E-state index in [1.54, 1.807) is 0 Å². The molecule has 0 aliphatic heterocycles. The maximum atomic E-state index is 12.2. The van der Waals surface area contributed by atoms with Gasteiger partial charge in [-0.3, -0.25) is 4.79 Å². The SMILES string of the molecule is Cc1ccc2nc(NC(=O)C[C@@H](C)c3ccccc3)sc2c1. The summed E-state index contributed by atoms with van der Waals surface area (Å²) in [6, 6.07) is 16.2. The fourth-order valence-electron chi connectivity index (χ4n) is 2.43. The van der Waals surface area contributed by atoms with Crippen LogP contribution in [0.15, 0.2) is 48.5 Å². The van der Waals surface area contributed by atoms with Gasteiger partial charge in [-0.1, -0.05) is 54.7 Å². The molecule has 0 saturated heterocycles. The predicted molar refractivity (Wildman–Crippen MR) is 92.5 cm³/mol. The van der Waals surface area contributed by atoms with Crippen LogP contribution in [-0.2, 0) is 4.79 Å². The van der Waals surface area contributed by atoms with Crippen LogP contribution in [0, 0.1) is 6.92 Å². The summed E-state index contributed by atoms with van der Waals surface area (Å²) in [5.74, 6) is 0.199. The molecule has 0 bridgehead atoms. The van der Waals surface area contributed by atoms with Gasteiger partial charge in [-0.2, -0.15) is 0 Å². The van der Waals surface area contributed by atoms with E-state index in [1.165, 1.54) is 22.5 Å². The lowest BCUT2D eigenvalue weighted by Crippen LogP contribution is -2.14. The van der Waals surface area contributed by atoms with Crippen LogP contribution >= 0.6 is 11.3 Å². The smallest absolute Gasteiger partial charge is 0.226 e. The van der Waals surface area contributed by atoms with E-state index in [0.717, 1.165) is 10.2 Å². The van der Waals surface area contributed by atoms with E-state index >= 15 is 0 Å². The van der Waals surface area contributed by atoms with Gasteiger partial charge >= 0.3 is 0 Å². The number of nitrogens with zero attached hydrogens (tertiary/aromatic N) is 1. The Labute approximate surface area is 134 Å². The number of thiazole rings is 1. The van der Waals surface area contributed by atoms with Crippen molar-refractivity contribution in [3.05, 3.63) is 59.7 Å². The number of hydrogen-bond acceptors (Lipinski definition) is 3. The van der Waals surface area contributed by atoms with E-state index in [2.05, 4.69) is 42.3 Å². The molecule has 1 amide bonds. The first-order valence-corrected chi connectivity index (χ1v) is 8.15. The Morgan fingerprint density at radius 3 is 2.77 bits per heavy atom. The first-order chi connectivity index (χ1) is 10.6. The van der Waals surface area contributed by atoms with Gasteiger partial charge < -0.3 is 5.32 Å². The molecule has 3 aromatic rings. The van der Waals surface area contributed by atoms with Crippen molar-refractivity contribution < 1.29 is 4.79 Å². The number of aryl methyl sites for hydroxylation is 1. The highest BCUT2D eigenvalue weighted by atomic mass is 32.1. The van der Waals surface area contributed by atoms with Crippen LogP contribution in [0.4, 0.5) is 5.13 Å². The molecule has 112 valence electrons. The first kappa shape index (κ1) is 14.7. The summed E-state index contributed by atoms with van der Waals surface area (Å²) >= 11 is 1.52. The van der Waals surface area contributed by atoms with Crippen LogP contribution in [0.1, 0.15) is 30.4 Å². The minimum Gasteiger partial charge on any atom is -0.302 e. The van der Waals surface area contributed by atoms with Gasteiger partial charge in [0, 0.05) is 6.42 Å². The van der Waals surface area contributed by atoms with Crippen LogP contribution in [0.25, 0.3) is 10.2 Å². The molecule has 3 rings (SSSR count). The van der Waals surface area contributed by atoms with Crippen molar-refractivity contribution in [1.82, 2.24) is 4.98 Å². The monoisotopic (exact) mass is 310 g/mol. The molecule has 0 radical (unpaired) electrons. The van der Waals surface area contributed by atoms with Crippen molar-refractivity contribution in [3.8, 4) is 0 Å². The van der Waals surface area contributed by atoms with E-state index < -0.39 is 0 Å². The minimum atomic E-state index is 0.00660. The highest BCUT2D eigenvalue weighted by Crippen LogP contribution is 2.27. The summed E-state index contributed by atoms with van der Waals surface area (Å²) in [5.41, 5.74) is 3.31. The molecule has 22 heavy (non-hydrogen) atoms. The van der Waals surface area contributed by atoms with Crippen molar-refractivity contribution in [2.75, 3.05) is 5.32 Å². The lowest BCUT2D eigenvalue weighted by molar-refractivity contribution is -0.116. The zero-order chi connectivity index (χ0) is 15.5. The average molecular weight is 310 g/mol. The molecular formula is C18H18N2OS. The van der Waals surface area contributed by atoms with E-state index in [9.17, 15) is 4.79 Å². The zero-order valence-electron chi connectivity index (χ0n) is 12.7. The lowest BCUT2D eigenvalue weighted by atomic mass is 9.98. The van der Waals surface area contributed by atoms with Crippen LogP contribution in [0.3, 0.4) is 0 Å². The third kappa shape index (κ3) is 3.34. The van der Waals surface area contributed by atoms with E-state index in [-0.39, 0.29) is 11.8 Å². The second-order valence-electron chi connectivity index (χ2n) is 5.55. The number of aromatic nitrogens is 1. The maximum Gasteiger partial charge on any atom is 0.226 e. The van der Waals surface area contributed by atoms with Crippen molar-refractivity contribution >= 4 is 32.6 Å².